The standard InChI is InChI=1S/C12H22F2O2/c1-2-7-10(12(15)16)8-5-3-4-6-9-11(13)14/h10-11H,2-9H2,1H3,(H,15,16). The highest BCUT2D eigenvalue weighted by molar-refractivity contribution is 5.69. The minimum absolute atomic E-state index is 0.0304. The van der Waals surface area contributed by atoms with Crippen molar-refractivity contribution in [3.8, 4) is 0 Å². The number of alkyl halides is 2. The van der Waals surface area contributed by atoms with Crippen molar-refractivity contribution in [1.82, 2.24) is 0 Å². The molecule has 0 aromatic heterocycles. The molecule has 0 spiro atoms. The first-order valence-electron chi connectivity index (χ1n) is 6.08. The fraction of sp³-hybridized carbons (Fsp3) is 0.917. The molecule has 0 saturated heterocycles. The van der Waals surface area contributed by atoms with Gasteiger partial charge in [0, 0.05) is 6.42 Å². The third-order valence-electron chi connectivity index (χ3n) is 2.71. The second-order valence-electron chi connectivity index (χ2n) is 4.21. The lowest BCUT2D eigenvalue weighted by Crippen LogP contribution is -2.13. The van der Waals surface area contributed by atoms with E-state index in [0.29, 0.717) is 19.3 Å². The van der Waals surface area contributed by atoms with Gasteiger partial charge in [0.15, 0.2) is 0 Å². The van der Waals surface area contributed by atoms with Crippen molar-refractivity contribution < 1.29 is 18.7 Å². The van der Waals surface area contributed by atoms with Crippen LogP contribution in [0, 0.1) is 5.92 Å². The van der Waals surface area contributed by atoms with E-state index in [2.05, 4.69) is 0 Å². The summed E-state index contributed by atoms with van der Waals surface area (Å²) in [6, 6.07) is 0. The van der Waals surface area contributed by atoms with E-state index in [1.165, 1.54) is 0 Å². The first-order chi connectivity index (χ1) is 7.57. The van der Waals surface area contributed by atoms with Crippen LogP contribution in [0.5, 0.6) is 0 Å². The van der Waals surface area contributed by atoms with Gasteiger partial charge in [0.25, 0.3) is 0 Å². The van der Waals surface area contributed by atoms with Gasteiger partial charge >= 0.3 is 5.97 Å². The van der Waals surface area contributed by atoms with Crippen molar-refractivity contribution in [3.63, 3.8) is 0 Å². The second-order valence-corrected chi connectivity index (χ2v) is 4.21. The van der Waals surface area contributed by atoms with E-state index < -0.39 is 12.4 Å². The molecule has 1 atom stereocenters. The van der Waals surface area contributed by atoms with Gasteiger partial charge in [-0.15, -0.1) is 0 Å². The van der Waals surface area contributed by atoms with Gasteiger partial charge in [0.2, 0.25) is 6.43 Å². The van der Waals surface area contributed by atoms with Crippen LogP contribution in [-0.4, -0.2) is 17.5 Å². The molecule has 0 bridgehead atoms. The Morgan fingerprint density at radius 2 is 1.62 bits per heavy atom. The minimum Gasteiger partial charge on any atom is -0.481 e. The molecule has 0 radical (unpaired) electrons. The van der Waals surface area contributed by atoms with E-state index in [9.17, 15) is 13.6 Å². The molecule has 0 amide bonds. The molecule has 0 saturated carbocycles. The highest BCUT2D eigenvalue weighted by atomic mass is 19.3. The number of rotatable bonds is 10. The number of unbranched alkanes of at least 4 members (excludes halogenated alkanes) is 3. The molecule has 0 heterocycles. The van der Waals surface area contributed by atoms with E-state index in [-0.39, 0.29) is 12.3 Å². The van der Waals surface area contributed by atoms with Crippen molar-refractivity contribution in [2.75, 3.05) is 0 Å². The molecule has 0 fully saturated rings. The zero-order chi connectivity index (χ0) is 12.4. The van der Waals surface area contributed by atoms with Crippen LogP contribution in [0.15, 0.2) is 0 Å². The smallest absolute Gasteiger partial charge is 0.306 e. The minimum atomic E-state index is -2.20. The van der Waals surface area contributed by atoms with E-state index in [1.807, 2.05) is 6.92 Å². The molecule has 0 aliphatic rings. The topological polar surface area (TPSA) is 37.3 Å². The zero-order valence-corrected chi connectivity index (χ0v) is 9.92. The predicted molar refractivity (Wildman–Crippen MR) is 59.7 cm³/mol. The Morgan fingerprint density at radius 1 is 1.06 bits per heavy atom. The molecule has 1 unspecified atom stereocenters. The Hall–Kier alpha value is -0.670. The SMILES string of the molecule is CCCC(CCCCCCC(F)F)C(=O)O. The first kappa shape index (κ1) is 15.3. The highest BCUT2D eigenvalue weighted by Crippen LogP contribution is 2.17. The zero-order valence-electron chi connectivity index (χ0n) is 9.92. The quantitative estimate of drug-likeness (QED) is 0.580. The first-order valence-corrected chi connectivity index (χ1v) is 6.08. The number of carboxylic acids is 1. The van der Waals surface area contributed by atoms with Crippen LogP contribution in [0.1, 0.15) is 58.3 Å². The maximum Gasteiger partial charge on any atom is 0.306 e. The molecule has 0 aliphatic heterocycles. The second kappa shape index (κ2) is 9.55. The third kappa shape index (κ3) is 8.62. The maximum atomic E-state index is 11.8. The summed E-state index contributed by atoms with van der Waals surface area (Å²) >= 11 is 0. The van der Waals surface area contributed by atoms with Crippen LogP contribution in [0.25, 0.3) is 0 Å². The summed E-state index contributed by atoms with van der Waals surface area (Å²) in [6.45, 7) is 1.97. The van der Waals surface area contributed by atoms with Gasteiger partial charge in [-0.2, -0.15) is 0 Å². The van der Waals surface area contributed by atoms with Gasteiger partial charge in [-0.25, -0.2) is 8.78 Å². The molecule has 0 rings (SSSR count). The highest BCUT2D eigenvalue weighted by Gasteiger charge is 2.15. The van der Waals surface area contributed by atoms with Crippen molar-refractivity contribution in [2.45, 2.75) is 64.7 Å². The van der Waals surface area contributed by atoms with Crippen molar-refractivity contribution in [3.05, 3.63) is 0 Å². The summed E-state index contributed by atoms with van der Waals surface area (Å²) in [5, 5.41) is 8.88. The fourth-order valence-electron chi connectivity index (χ4n) is 1.78. The van der Waals surface area contributed by atoms with Crippen molar-refractivity contribution in [1.29, 1.82) is 0 Å². The molecule has 1 N–H and O–H groups in total. The van der Waals surface area contributed by atoms with E-state index >= 15 is 0 Å². The molecular weight excluding hydrogens is 214 g/mol. The van der Waals surface area contributed by atoms with E-state index in [0.717, 1.165) is 25.7 Å². The third-order valence-corrected chi connectivity index (χ3v) is 2.71. The summed E-state index contributed by atoms with van der Waals surface area (Å²) in [6.07, 6.45) is 3.06. The molecule has 2 nitrogen and oxygen atoms in total. The van der Waals surface area contributed by atoms with E-state index in [1.54, 1.807) is 0 Å². The number of hydrogen-bond donors (Lipinski definition) is 1. The number of carboxylic acid groups (broad SMARTS) is 1. The lowest BCUT2D eigenvalue weighted by atomic mass is 9.96. The maximum absolute atomic E-state index is 11.8. The van der Waals surface area contributed by atoms with Crippen LogP contribution in [0.3, 0.4) is 0 Å². The Balaban J connectivity index is 3.44. The van der Waals surface area contributed by atoms with Gasteiger partial charge in [-0.05, 0) is 19.3 Å². The molecule has 0 aromatic carbocycles. The lowest BCUT2D eigenvalue weighted by Gasteiger charge is -2.10. The summed E-state index contributed by atoms with van der Waals surface area (Å²) in [7, 11) is 0. The van der Waals surface area contributed by atoms with E-state index in [4.69, 9.17) is 5.11 Å². The Bertz CT molecular complexity index is 184. The molecule has 16 heavy (non-hydrogen) atoms. The normalized spacial score (nSPS) is 13.0. The summed E-state index contributed by atoms with van der Waals surface area (Å²) in [5.41, 5.74) is 0. The Kier molecular flexibility index (Phi) is 9.15. The molecule has 0 aliphatic carbocycles. The molecule has 96 valence electrons. The Labute approximate surface area is 96.0 Å². The monoisotopic (exact) mass is 236 g/mol. The number of aliphatic carboxylic acids is 1. The van der Waals surface area contributed by atoms with Crippen molar-refractivity contribution >= 4 is 5.97 Å². The van der Waals surface area contributed by atoms with Crippen LogP contribution >= 0.6 is 0 Å². The summed E-state index contributed by atoms with van der Waals surface area (Å²) in [5.74, 6) is -0.977. The van der Waals surface area contributed by atoms with Gasteiger partial charge in [0.1, 0.15) is 0 Å². The largest absolute Gasteiger partial charge is 0.481 e. The number of carbonyl (C=O) groups is 1. The van der Waals surface area contributed by atoms with Crippen molar-refractivity contribution in [2.24, 2.45) is 5.92 Å². The van der Waals surface area contributed by atoms with Gasteiger partial charge in [-0.3, -0.25) is 4.79 Å². The van der Waals surface area contributed by atoms with Gasteiger partial charge < -0.3 is 5.11 Å². The number of halogens is 2. The molecule has 4 heteroatoms. The average molecular weight is 236 g/mol. The van der Waals surface area contributed by atoms with Gasteiger partial charge in [-0.1, -0.05) is 32.6 Å². The van der Waals surface area contributed by atoms with Crippen LogP contribution < -0.4 is 0 Å². The predicted octanol–water partition coefficient (Wildman–Crippen LogP) is 4.09. The molecule has 0 aromatic rings. The lowest BCUT2D eigenvalue weighted by molar-refractivity contribution is -0.142. The average Bonchev–Trinajstić information content (AvgIpc) is 2.20. The Morgan fingerprint density at radius 3 is 2.06 bits per heavy atom. The molecular formula is C12H22F2O2. The fourth-order valence-corrected chi connectivity index (χ4v) is 1.78. The van der Waals surface area contributed by atoms with Crippen LogP contribution in [-0.2, 0) is 4.79 Å². The summed E-state index contributed by atoms with van der Waals surface area (Å²) < 4.78 is 23.6. The van der Waals surface area contributed by atoms with Crippen LogP contribution in [0.4, 0.5) is 8.78 Å². The van der Waals surface area contributed by atoms with Gasteiger partial charge in [0.05, 0.1) is 5.92 Å². The number of hydrogen-bond acceptors (Lipinski definition) is 1. The summed E-state index contributed by atoms with van der Waals surface area (Å²) in [4.78, 5) is 10.8. The van der Waals surface area contributed by atoms with Crippen LogP contribution in [0.2, 0.25) is 0 Å².